The Morgan fingerprint density at radius 1 is 1.00 bits per heavy atom. The van der Waals surface area contributed by atoms with E-state index in [1.165, 1.54) is 0 Å². The summed E-state index contributed by atoms with van der Waals surface area (Å²) in [6.07, 6.45) is 0.929. The molecule has 2 rings (SSSR count). The lowest BCUT2D eigenvalue weighted by Crippen LogP contribution is -2.11. The van der Waals surface area contributed by atoms with Gasteiger partial charge in [0.2, 0.25) is 0 Å². The van der Waals surface area contributed by atoms with Crippen LogP contribution in [0.25, 0.3) is 0 Å². The topological polar surface area (TPSA) is 45.4 Å². The van der Waals surface area contributed by atoms with Crippen molar-refractivity contribution in [1.82, 2.24) is 5.32 Å². The van der Waals surface area contributed by atoms with Gasteiger partial charge in [-0.2, -0.15) is 0 Å². The second-order valence-electron chi connectivity index (χ2n) is 3.99. The van der Waals surface area contributed by atoms with Gasteiger partial charge in [-0.15, -0.1) is 0 Å². The van der Waals surface area contributed by atoms with E-state index in [0.29, 0.717) is 5.75 Å². The largest absolute Gasteiger partial charge is 0.508 e. The molecule has 0 bridgehead atoms. The molecule has 0 aliphatic heterocycles. The summed E-state index contributed by atoms with van der Waals surface area (Å²) in [5, 5.41) is 12.5. The highest BCUT2D eigenvalue weighted by Gasteiger charge is 2.00. The van der Waals surface area contributed by atoms with Crippen LogP contribution in [0.3, 0.4) is 0 Å². The molecule has 0 spiro atoms. The number of phenols is 1. The number of aromatic hydroxyl groups is 1. The molecule has 2 N–H and O–H groups in total. The molecule has 0 aliphatic rings. The van der Waals surface area contributed by atoms with Gasteiger partial charge in [-0.05, 0) is 29.8 Å². The van der Waals surface area contributed by atoms with Crippen LogP contribution in [0.2, 0.25) is 0 Å². The van der Waals surface area contributed by atoms with E-state index in [9.17, 15) is 0 Å². The first-order valence-electron chi connectivity index (χ1n) is 5.84. The lowest BCUT2D eigenvalue weighted by molar-refractivity contribution is 0.450. The van der Waals surface area contributed by atoms with Crippen LogP contribution in [0.5, 0.6) is 5.75 Å². The van der Waals surface area contributed by atoms with Gasteiger partial charge in [-0.3, -0.25) is 0 Å². The molecule has 3 nitrogen and oxygen atoms in total. The minimum absolute atomic E-state index is 0.298. The van der Waals surface area contributed by atoms with Crippen LogP contribution < -0.4 is 5.32 Å². The first-order valence-corrected chi connectivity index (χ1v) is 5.84. The van der Waals surface area contributed by atoms with Crippen LogP contribution in [0, 0.1) is 0 Å². The van der Waals surface area contributed by atoms with E-state index >= 15 is 0 Å². The number of aryl methyl sites for hydroxylation is 1. The van der Waals surface area contributed by atoms with Gasteiger partial charge in [-0.25, -0.2) is 0 Å². The first-order chi connectivity index (χ1) is 8.28. The summed E-state index contributed by atoms with van der Waals surface area (Å²) < 4.78 is 5.59. The summed E-state index contributed by atoms with van der Waals surface area (Å²) in [7, 11) is 0. The van der Waals surface area contributed by atoms with E-state index in [1.807, 2.05) is 24.3 Å². The smallest absolute Gasteiger partial charge is 0.117 e. The standard InChI is InChI=1S/C14H17NO2/c1-2-13-7-8-14(17-13)10-15-9-11-3-5-12(16)6-4-11/h3-8,15-16H,2,9-10H2,1H3. The van der Waals surface area contributed by atoms with E-state index in [-0.39, 0.29) is 0 Å². The summed E-state index contributed by atoms with van der Waals surface area (Å²) in [4.78, 5) is 0. The fourth-order valence-electron chi connectivity index (χ4n) is 1.65. The molecule has 1 heterocycles. The highest BCUT2D eigenvalue weighted by molar-refractivity contribution is 5.25. The molecule has 1 aromatic carbocycles. The molecule has 90 valence electrons. The van der Waals surface area contributed by atoms with Crippen LogP contribution in [-0.4, -0.2) is 5.11 Å². The maximum absolute atomic E-state index is 9.15. The number of hydrogen-bond acceptors (Lipinski definition) is 3. The number of nitrogens with one attached hydrogen (secondary N) is 1. The molecule has 2 aromatic rings. The Balaban J connectivity index is 1.81. The van der Waals surface area contributed by atoms with Crippen molar-refractivity contribution in [2.45, 2.75) is 26.4 Å². The molecule has 0 unspecified atom stereocenters. The average molecular weight is 231 g/mol. The molecule has 0 atom stereocenters. The Hall–Kier alpha value is -1.74. The number of benzene rings is 1. The van der Waals surface area contributed by atoms with Crippen molar-refractivity contribution in [2.75, 3.05) is 0 Å². The number of furan rings is 1. The third-order valence-corrected chi connectivity index (χ3v) is 2.63. The maximum Gasteiger partial charge on any atom is 0.117 e. The highest BCUT2D eigenvalue weighted by atomic mass is 16.3. The Kier molecular flexibility index (Phi) is 3.83. The van der Waals surface area contributed by atoms with Gasteiger partial charge in [0.1, 0.15) is 17.3 Å². The number of rotatable bonds is 5. The van der Waals surface area contributed by atoms with Gasteiger partial charge < -0.3 is 14.8 Å². The molecule has 3 heteroatoms. The van der Waals surface area contributed by atoms with Gasteiger partial charge in [-0.1, -0.05) is 19.1 Å². The summed E-state index contributed by atoms with van der Waals surface area (Å²) in [5.74, 6) is 2.28. The van der Waals surface area contributed by atoms with Gasteiger partial charge >= 0.3 is 0 Å². The number of hydrogen-bond donors (Lipinski definition) is 2. The molecule has 0 amide bonds. The maximum atomic E-state index is 9.15. The van der Waals surface area contributed by atoms with E-state index in [2.05, 4.69) is 12.2 Å². The van der Waals surface area contributed by atoms with Crippen molar-refractivity contribution in [3.05, 3.63) is 53.5 Å². The minimum atomic E-state index is 0.298. The van der Waals surface area contributed by atoms with Crippen molar-refractivity contribution in [3.63, 3.8) is 0 Å². The third-order valence-electron chi connectivity index (χ3n) is 2.63. The Morgan fingerprint density at radius 3 is 2.35 bits per heavy atom. The molecular weight excluding hydrogens is 214 g/mol. The fourth-order valence-corrected chi connectivity index (χ4v) is 1.65. The zero-order valence-corrected chi connectivity index (χ0v) is 9.94. The van der Waals surface area contributed by atoms with Crippen LogP contribution in [0.4, 0.5) is 0 Å². The molecule has 0 saturated carbocycles. The van der Waals surface area contributed by atoms with Gasteiger partial charge in [0.25, 0.3) is 0 Å². The molecular formula is C14H17NO2. The van der Waals surface area contributed by atoms with Crippen LogP contribution in [0.15, 0.2) is 40.8 Å². The minimum Gasteiger partial charge on any atom is -0.508 e. The van der Waals surface area contributed by atoms with E-state index in [1.54, 1.807) is 12.1 Å². The molecule has 0 saturated heterocycles. The monoisotopic (exact) mass is 231 g/mol. The lowest BCUT2D eigenvalue weighted by atomic mass is 10.2. The normalized spacial score (nSPS) is 10.6. The second-order valence-corrected chi connectivity index (χ2v) is 3.99. The van der Waals surface area contributed by atoms with Crippen molar-refractivity contribution < 1.29 is 9.52 Å². The van der Waals surface area contributed by atoms with Gasteiger partial charge in [0.15, 0.2) is 0 Å². The average Bonchev–Trinajstić information content (AvgIpc) is 2.80. The molecule has 0 radical (unpaired) electrons. The second kappa shape index (κ2) is 5.55. The number of phenolic OH excluding ortho intramolecular Hbond substituents is 1. The fraction of sp³-hybridized carbons (Fsp3) is 0.286. The van der Waals surface area contributed by atoms with Gasteiger partial charge in [0.05, 0.1) is 6.54 Å². The Bertz CT molecular complexity index is 459. The van der Waals surface area contributed by atoms with E-state index in [0.717, 1.165) is 36.6 Å². The predicted molar refractivity (Wildman–Crippen MR) is 66.7 cm³/mol. The summed E-state index contributed by atoms with van der Waals surface area (Å²) >= 11 is 0. The first kappa shape index (κ1) is 11.7. The van der Waals surface area contributed by atoms with Gasteiger partial charge in [0, 0.05) is 13.0 Å². The van der Waals surface area contributed by atoms with Crippen molar-refractivity contribution >= 4 is 0 Å². The summed E-state index contributed by atoms with van der Waals surface area (Å²) in [5.41, 5.74) is 1.14. The molecule has 0 fully saturated rings. The zero-order valence-electron chi connectivity index (χ0n) is 9.94. The Morgan fingerprint density at radius 2 is 1.71 bits per heavy atom. The van der Waals surface area contributed by atoms with E-state index in [4.69, 9.17) is 9.52 Å². The van der Waals surface area contributed by atoms with Crippen LogP contribution >= 0.6 is 0 Å². The van der Waals surface area contributed by atoms with E-state index < -0.39 is 0 Å². The molecule has 0 aliphatic carbocycles. The Labute approximate surface area is 101 Å². The van der Waals surface area contributed by atoms with Crippen LogP contribution in [-0.2, 0) is 19.5 Å². The third kappa shape index (κ3) is 3.36. The summed E-state index contributed by atoms with van der Waals surface area (Å²) in [6, 6.07) is 11.2. The molecule has 17 heavy (non-hydrogen) atoms. The lowest BCUT2D eigenvalue weighted by Gasteiger charge is -2.03. The molecule has 1 aromatic heterocycles. The SMILES string of the molecule is CCc1ccc(CNCc2ccc(O)cc2)o1. The predicted octanol–water partition coefficient (Wildman–Crippen LogP) is 2.84. The zero-order chi connectivity index (χ0) is 12.1. The quantitative estimate of drug-likeness (QED) is 0.831. The van der Waals surface area contributed by atoms with Crippen molar-refractivity contribution in [2.24, 2.45) is 0 Å². The highest BCUT2D eigenvalue weighted by Crippen LogP contribution is 2.10. The summed E-state index contributed by atoms with van der Waals surface area (Å²) in [6.45, 7) is 3.57. The van der Waals surface area contributed by atoms with Crippen molar-refractivity contribution in [1.29, 1.82) is 0 Å². The van der Waals surface area contributed by atoms with Crippen LogP contribution in [0.1, 0.15) is 24.0 Å². The van der Waals surface area contributed by atoms with Crippen molar-refractivity contribution in [3.8, 4) is 5.75 Å².